The predicted molar refractivity (Wildman–Crippen MR) is 146 cm³/mol. The zero-order valence-electron chi connectivity index (χ0n) is 21.5. The molecule has 6 nitrogen and oxygen atoms in total. The first kappa shape index (κ1) is 26.9. The summed E-state index contributed by atoms with van der Waals surface area (Å²) in [4.78, 5) is 1.42. The molecule has 5 rings (SSSR count). The van der Waals surface area contributed by atoms with Gasteiger partial charge in [0.25, 0.3) is 0 Å². The fraction of sp³-hybridized carbons (Fsp3) is 0.267. The highest BCUT2D eigenvalue weighted by Crippen LogP contribution is 2.41. The molecule has 0 radical (unpaired) electrons. The molecule has 0 atom stereocenters. The number of ether oxygens (including phenoxy) is 2. The average molecular weight is 554 g/mol. The first-order valence-electron chi connectivity index (χ1n) is 12.8. The summed E-state index contributed by atoms with van der Waals surface area (Å²) in [5.41, 5.74) is 0.466. The van der Waals surface area contributed by atoms with Crippen molar-refractivity contribution in [2.24, 2.45) is 0 Å². The van der Waals surface area contributed by atoms with Gasteiger partial charge in [0.05, 0.1) is 0 Å². The molecular formula is C30H29F2NO5S. The zero-order valence-corrected chi connectivity index (χ0v) is 22.3. The summed E-state index contributed by atoms with van der Waals surface area (Å²) in [7, 11) is -4.10. The lowest BCUT2D eigenvalue weighted by atomic mass is 9.99. The molecule has 9 heteroatoms. The third-order valence-corrected chi connectivity index (χ3v) is 7.93. The minimum atomic E-state index is -4.10. The van der Waals surface area contributed by atoms with Gasteiger partial charge in [-0.3, -0.25) is 4.90 Å². The summed E-state index contributed by atoms with van der Waals surface area (Å²) < 4.78 is 65.4. The molecule has 1 saturated heterocycles. The van der Waals surface area contributed by atoms with Crippen molar-refractivity contribution >= 4 is 20.6 Å². The normalized spacial score (nSPS) is 14.4. The number of fused-ring (bicyclic) bond motifs is 1. The van der Waals surface area contributed by atoms with Crippen molar-refractivity contribution in [3.05, 3.63) is 78.4 Å². The van der Waals surface area contributed by atoms with Crippen molar-refractivity contribution in [3.8, 4) is 34.1 Å². The highest BCUT2D eigenvalue weighted by Gasteiger charge is 2.23. The third kappa shape index (κ3) is 6.15. The molecule has 0 aromatic heterocycles. The number of aromatic hydroxyl groups is 1. The monoisotopic (exact) mass is 553 g/mol. The molecular weight excluding hydrogens is 524 g/mol. The smallest absolute Gasteiger partial charge is 0.181 e. The van der Waals surface area contributed by atoms with E-state index < -0.39 is 26.4 Å². The average Bonchev–Trinajstić information content (AvgIpc) is 2.89. The topological polar surface area (TPSA) is 76.1 Å². The minimum Gasteiger partial charge on any atom is -0.508 e. The number of rotatable bonds is 8. The van der Waals surface area contributed by atoms with Crippen LogP contribution in [0.5, 0.6) is 23.0 Å². The Morgan fingerprint density at radius 2 is 1.54 bits per heavy atom. The van der Waals surface area contributed by atoms with E-state index in [-0.39, 0.29) is 11.3 Å². The summed E-state index contributed by atoms with van der Waals surface area (Å²) >= 11 is 0. The quantitative estimate of drug-likeness (QED) is 0.267. The molecule has 1 aliphatic rings. The van der Waals surface area contributed by atoms with Crippen molar-refractivity contribution in [1.29, 1.82) is 0 Å². The number of benzene rings is 4. The Morgan fingerprint density at radius 1 is 0.872 bits per heavy atom. The number of nitrogens with zero attached hydrogens (tertiary/aromatic N) is 1. The zero-order chi connectivity index (χ0) is 27.6. The third-order valence-electron chi connectivity index (χ3n) is 6.80. The van der Waals surface area contributed by atoms with Crippen molar-refractivity contribution in [1.82, 2.24) is 4.90 Å². The molecule has 4 aromatic carbocycles. The largest absolute Gasteiger partial charge is 0.508 e. The van der Waals surface area contributed by atoms with Crippen LogP contribution in [0.2, 0.25) is 0 Å². The van der Waals surface area contributed by atoms with Crippen molar-refractivity contribution in [2.45, 2.75) is 24.2 Å². The van der Waals surface area contributed by atoms with Gasteiger partial charge in [-0.2, -0.15) is 0 Å². The number of likely N-dealkylation sites (tertiary alicyclic amines) is 1. The number of piperidine rings is 1. The standard InChI is InChI=1S/C30H29F2NO5S/c1-39(35,36)30-27(31)18-21(19-28(30)32)26-11-5-20-17-22(34)6-12-25(20)29(26)38-24-9-7-23(8-10-24)37-16-15-33-13-3-2-4-14-33/h5-12,17-19,34H,2-4,13-16H2,1H3. The van der Waals surface area contributed by atoms with E-state index >= 15 is 0 Å². The van der Waals surface area contributed by atoms with Gasteiger partial charge in [-0.05, 0) is 97.5 Å². The molecule has 0 saturated carbocycles. The minimum absolute atomic E-state index is 0.0573. The van der Waals surface area contributed by atoms with Crippen LogP contribution in [0.15, 0.2) is 71.6 Å². The second-order valence-corrected chi connectivity index (χ2v) is 11.7. The Hall–Kier alpha value is -3.69. The van der Waals surface area contributed by atoms with Gasteiger partial charge in [0.1, 0.15) is 46.1 Å². The molecule has 1 N–H and O–H groups in total. The summed E-state index contributed by atoms with van der Waals surface area (Å²) in [6.45, 7) is 3.66. The number of phenols is 1. The summed E-state index contributed by atoms with van der Waals surface area (Å²) in [5, 5.41) is 11.2. The molecule has 39 heavy (non-hydrogen) atoms. The number of hydrogen-bond acceptors (Lipinski definition) is 6. The molecule has 0 bridgehead atoms. The van der Waals surface area contributed by atoms with Gasteiger partial charge in [-0.15, -0.1) is 0 Å². The molecule has 4 aromatic rings. The van der Waals surface area contributed by atoms with E-state index in [1.165, 1.54) is 25.3 Å². The van der Waals surface area contributed by atoms with Crippen LogP contribution in [0.3, 0.4) is 0 Å². The lowest BCUT2D eigenvalue weighted by Crippen LogP contribution is -2.33. The first-order valence-corrected chi connectivity index (χ1v) is 14.7. The summed E-state index contributed by atoms with van der Waals surface area (Å²) in [5.74, 6) is -0.846. The van der Waals surface area contributed by atoms with E-state index in [1.807, 2.05) is 0 Å². The van der Waals surface area contributed by atoms with Crippen LogP contribution in [0.4, 0.5) is 8.78 Å². The predicted octanol–water partition coefficient (Wildman–Crippen LogP) is 6.55. The Labute approximate surface area is 226 Å². The van der Waals surface area contributed by atoms with Crippen LogP contribution in [0, 0.1) is 11.6 Å². The van der Waals surface area contributed by atoms with Crippen LogP contribution < -0.4 is 9.47 Å². The molecule has 1 fully saturated rings. The maximum Gasteiger partial charge on any atom is 0.181 e. The molecule has 1 aliphatic heterocycles. The molecule has 0 aliphatic carbocycles. The lowest BCUT2D eigenvalue weighted by Gasteiger charge is -2.26. The first-order chi connectivity index (χ1) is 18.7. The van der Waals surface area contributed by atoms with Gasteiger partial charge in [0.15, 0.2) is 9.84 Å². The van der Waals surface area contributed by atoms with Gasteiger partial charge >= 0.3 is 0 Å². The number of hydrogen-bond donors (Lipinski definition) is 1. The fourth-order valence-corrected chi connectivity index (χ4v) is 5.72. The van der Waals surface area contributed by atoms with Gasteiger partial charge in [-0.25, -0.2) is 17.2 Å². The van der Waals surface area contributed by atoms with Crippen LogP contribution in [-0.2, 0) is 9.84 Å². The number of phenolic OH excluding ortho intramolecular Hbond substituents is 1. The SMILES string of the molecule is CS(=O)(=O)c1c(F)cc(-c2ccc3cc(O)ccc3c2Oc2ccc(OCCN3CCCCC3)cc2)cc1F. The van der Waals surface area contributed by atoms with Gasteiger partial charge in [-0.1, -0.05) is 12.5 Å². The van der Waals surface area contributed by atoms with Crippen molar-refractivity contribution in [3.63, 3.8) is 0 Å². The molecule has 1 heterocycles. The van der Waals surface area contributed by atoms with E-state index in [0.717, 1.165) is 38.0 Å². The maximum absolute atomic E-state index is 14.8. The van der Waals surface area contributed by atoms with Gasteiger partial charge in [0.2, 0.25) is 0 Å². The van der Waals surface area contributed by atoms with Gasteiger partial charge in [0, 0.05) is 23.8 Å². The van der Waals surface area contributed by atoms with Crippen LogP contribution >= 0.6 is 0 Å². The summed E-state index contributed by atoms with van der Waals surface area (Å²) in [6, 6.07) is 17.0. The molecule has 204 valence electrons. The molecule has 0 unspecified atom stereocenters. The van der Waals surface area contributed by atoms with Crippen LogP contribution in [0.25, 0.3) is 21.9 Å². The maximum atomic E-state index is 14.8. The highest BCUT2D eigenvalue weighted by molar-refractivity contribution is 7.90. The van der Waals surface area contributed by atoms with E-state index in [0.29, 0.717) is 40.2 Å². The van der Waals surface area contributed by atoms with E-state index in [4.69, 9.17) is 9.47 Å². The Kier molecular flexibility index (Phi) is 7.72. The number of sulfone groups is 1. The van der Waals surface area contributed by atoms with Crippen LogP contribution in [0.1, 0.15) is 19.3 Å². The number of halogens is 2. The Bertz CT molecular complexity index is 1580. The lowest BCUT2D eigenvalue weighted by molar-refractivity contribution is 0.183. The van der Waals surface area contributed by atoms with E-state index in [2.05, 4.69) is 4.90 Å². The van der Waals surface area contributed by atoms with Crippen LogP contribution in [-0.4, -0.2) is 50.9 Å². The summed E-state index contributed by atoms with van der Waals surface area (Å²) in [6.07, 6.45) is 4.49. The second-order valence-electron chi connectivity index (χ2n) is 9.71. The Balaban J connectivity index is 1.44. The fourth-order valence-electron chi connectivity index (χ4n) is 4.89. The Morgan fingerprint density at radius 3 is 2.21 bits per heavy atom. The molecule has 0 amide bonds. The highest BCUT2D eigenvalue weighted by atomic mass is 32.2. The molecule has 0 spiro atoms. The van der Waals surface area contributed by atoms with Gasteiger partial charge < -0.3 is 14.6 Å². The van der Waals surface area contributed by atoms with Crippen molar-refractivity contribution < 1.29 is 31.8 Å². The second kappa shape index (κ2) is 11.2. The van der Waals surface area contributed by atoms with E-state index in [9.17, 15) is 22.3 Å². The van der Waals surface area contributed by atoms with E-state index in [1.54, 1.807) is 48.5 Å². The van der Waals surface area contributed by atoms with Crippen molar-refractivity contribution in [2.75, 3.05) is 32.5 Å².